The van der Waals surface area contributed by atoms with Crippen molar-refractivity contribution in [3.8, 4) is 11.5 Å². The van der Waals surface area contributed by atoms with E-state index in [1.165, 1.54) is 0 Å². The maximum absolute atomic E-state index is 12.7. The van der Waals surface area contributed by atoms with Crippen molar-refractivity contribution in [3.63, 3.8) is 0 Å². The van der Waals surface area contributed by atoms with E-state index in [4.69, 9.17) is 9.47 Å². The van der Waals surface area contributed by atoms with Gasteiger partial charge < -0.3 is 20.1 Å². The van der Waals surface area contributed by atoms with Crippen LogP contribution in [0.2, 0.25) is 0 Å². The van der Waals surface area contributed by atoms with Crippen LogP contribution in [0.25, 0.3) is 0 Å². The third-order valence-corrected chi connectivity index (χ3v) is 5.05. The zero-order valence-corrected chi connectivity index (χ0v) is 18.7. The van der Waals surface area contributed by atoms with E-state index in [-0.39, 0.29) is 24.8 Å². The molecule has 0 saturated carbocycles. The first-order chi connectivity index (χ1) is 14.4. The van der Waals surface area contributed by atoms with Crippen LogP contribution in [0.15, 0.2) is 46.9 Å². The van der Waals surface area contributed by atoms with E-state index in [1.54, 1.807) is 17.0 Å². The molecule has 30 heavy (non-hydrogen) atoms. The van der Waals surface area contributed by atoms with Crippen LogP contribution in [0.3, 0.4) is 0 Å². The molecule has 2 aromatic rings. The average molecular weight is 476 g/mol. The Morgan fingerprint density at radius 2 is 1.80 bits per heavy atom. The van der Waals surface area contributed by atoms with Gasteiger partial charge in [-0.15, -0.1) is 0 Å². The summed E-state index contributed by atoms with van der Waals surface area (Å²) in [6, 6.07) is 12.6. The highest BCUT2D eigenvalue weighted by Crippen LogP contribution is 2.35. The topological polar surface area (TPSA) is 79.9 Å². The number of unbranched alkanes of at least 4 members (excludes halogenated alkanes) is 1. The van der Waals surface area contributed by atoms with Gasteiger partial charge in [0.05, 0.1) is 0 Å². The number of hydrogen-bond donors (Lipinski definition) is 2. The number of fused-ring (bicyclic) bond motifs is 1. The Balaban J connectivity index is 1.54. The summed E-state index contributed by atoms with van der Waals surface area (Å²) in [7, 11) is 0. The number of rotatable bonds is 8. The monoisotopic (exact) mass is 475 g/mol. The van der Waals surface area contributed by atoms with Crippen molar-refractivity contribution >= 4 is 33.6 Å². The first-order valence-electron chi connectivity index (χ1n) is 9.95. The lowest BCUT2D eigenvalue weighted by Crippen LogP contribution is -2.43. The molecule has 0 spiro atoms. The second kappa shape index (κ2) is 10.3. The van der Waals surface area contributed by atoms with Gasteiger partial charge in [-0.2, -0.15) is 0 Å². The molecule has 0 atom stereocenters. The molecule has 0 aromatic heterocycles. The van der Waals surface area contributed by atoms with Crippen molar-refractivity contribution < 1.29 is 19.1 Å². The molecule has 0 radical (unpaired) electrons. The number of nitrogens with zero attached hydrogens (tertiary/aromatic N) is 1. The van der Waals surface area contributed by atoms with Crippen LogP contribution in [0.5, 0.6) is 11.5 Å². The largest absolute Gasteiger partial charge is 0.454 e. The minimum Gasteiger partial charge on any atom is -0.454 e. The van der Waals surface area contributed by atoms with E-state index in [1.807, 2.05) is 44.2 Å². The summed E-state index contributed by atoms with van der Waals surface area (Å²) in [5.41, 5.74) is 1.37. The van der Waals surface area contributed by atoms with Gasteiger partial charge in [-0.1, -0.05) is 15.9 Å². The normalized spacial score (nSPS) is 12.0. The second-order valence-electron chi connectivity index (χ2n) is 7.26. The summed E-state index contributed by atoms with van der Waals surface area (Å²) >= 11 is 3.36. The van der Waals surface area contributed by atoms with Gasteiger partial charge in [0.15, 0.2) is 11.5 Å². The molecule has 1 aliphatic rings. The van der Waals surface area contributed by atoms with Gasteiger partial charge in [-0.3, -0.25) is 9.69 Å². The number of anilines is 1. The number of carbonyl (C=O) groups excluding carboxylic acids is 2. The summed E-state index contributed by atoms with van der Waals surface area (Å²) in [6.45, 7) is 5.10. The summed E-state index contributed by atoms with van der Waals surface area (Å²) in [4.78, 5) is 26.6. The summed E-state index contributed by atoms with van der Waals surface area (Å²) < 4.78 is 11.7. The van der Waals surface area contributed by atoms with Crippen LogP contribution in [0.1, 0.15) is 37.0 Å². The Kier molecular flexibility index (Phi) is 7.57. The summed E-state index contributed by atoms with van der Waals surface area (Å²) in [5.74, 6) is 1.21. The SMILES string of the molecule is CC(C)NC(=O)N(CCCCNC(=O)c1ccc(Br)cc1)c1ccc2c(c1)OCO2. The van der Waals surface area contributed by atoms with Gasteiger partial charge in [0.2, 0.25) is 6.79 Å². The molecule has 0 unspecified atom stereocenters. The third kappa shape index (κ3) is 5.89. The number of amides is 3. The highest BCUT2D eigenvalue weighted by atomic mass is 79.9. The molecule has 2 N–H and O–H groups in total. The fourth-order valence-corrected chi connectivity index (χ4v) is 3.29. The molecular weight excluding hydrogens is 450 g/mol. The molecule has 0 fully saturated rings. The molecule has 7 nitrogen and oxygen atoms in total. The lowest BCUT2D eigenvalue weighted by Gasteiger charge is -2.24. The molecule has 3 amide bonds. The van der Waals surface area contributed by atoms with Gasteiger partial charge in [0.1, 0.15) is 0 Å². The molecule has 160 valence electrons. The highest BCUT2D eigenvalue weighted by Gasteiger charge is 2.20. The molecule has 3 rings (SSSR count). The van der Waals surface area contributed by atoms with Crippen LogP contribution in [0, 0.1) is 0 Å². The molecule has 1 aliphatic heterocycles. The van der Waals surface area contributed by atoms with Crippen LogP contribution < -0.4 is 25.0 Å². The van der Waals surface area contributed by atoms with Crippen LogP contribution in [-0.4, -0.2) is 37.9 Å². The third-order valence-electron chi connectivity index (χ3n) is 4.53. The van der Waals surface area contributed by atoms with E-state index >= 15 is 0 Å². The average Bonchev–Trinajstić information content (AvgIpc) is 3.18. The van der Waals surface area contributed by atoms with Crippen molar-refractivity contribution in [1.82, 2.24) is 10.6 Å². The lowest BCUT2D eigenvalue weighted by molar-refractivity contribution is 0.0953. The van der Waals surface area contributed by atoms with Gasteiger partial charge in [0.25, 0.3) is 5.91 Å². The van der Waals surface area contributed by atoms with Gasteiger partial charge in [-0.05, 0) is 63.1 Å². The number of carbonyl (C=O) groups is 2. The molecule has 0 aliphatic carbocycles. The number of urea groups is 1. The number of nitrogens with one attached hydrogen (secondary N) is 2. The quantitative estimate of drug-likeness (QED) is 0.557. The molecule has 0 saturated heterocycles. The van der Waals surface area contributed by atoms with E-state index in [9.17, 15) is 9.59 Å². The molecule has 2 aromatic carbocycles. The highest BCUT2D eigenvalue weighted by molar-refractivity contribution is 9.10. The Labute approximate surface area is 184 Å². The fraction of sp³-hybridized carbons (Fsp3) is 0.364. The van der Waals surface area contributed by atoms with Crippen molar-refractivity contribution in [2.45, 2.75) is 32.7 Å². The van der Waals surface area contributed by atoms with Gasteiger partial charge in [-0.25, -0.2) is 4.79 Å². The van der Waals surface area contributed by atoms with Crippen LogP contribution >= 0.6 is 15.9 Å². The first-order valence-corrected chi connectivity index (χ1v) is 10.7. The number of benzene rings is 2. The number of halogens is 1. The maximum atomic E-state index is 12.7. The summed E-state index contributed by atoms with van der Waals surface area (Å²) in [6.07, 6.45) is 1.48. The predicted octanol–water partition coefficient (Wildman–Crippen LogP) is 4.31. The van der Waals surface area contributed by atoms with E-state index in [2.05, 4.69) is 26.6 Å². The van der Waals surface area contributed by atoms with Gasteiger partial charge in [0, 0.05) is 40.9 Å². The van der Waals surface area contributed by atoms with Crippen molar-refractivity contribution in [2.24, 2.45) is 0 Å². The standard InChI is InChI=1S/C22H26BrN3O4/c1-15(2)25-22(28)26(18-9-10-19-20(13-18)30-14-29-19)12-4-3-11-24-21(27)16-5-7-17(23)8-6-16/h5-10,13,15H,3-4,11-12,14H2,1-2H3,(H,24,27)(H,25,28). The molecule has 0 bridgehead atoms. The molecule has 1 heterocycles. The van der Waals surface area contributed by atoms with Gasteiger partial charge >= 0.3 is 6.03 Å². The van der Waals surface area contributed by atoms with E-state index < -0.39 is 0 Å². The van der Waals surface area contributed by atoms with Crippen molar-refractivity contribution in [1.29, 1.82) is 0 Å². The molecular formula is C22H26BrN3O4. The fourth-order valence-electron chi connectivity index (χ4n) is 3.03. The van der Waals surface area contributed by atoms with E-state index in [0.717, 1.165) is 23.0 Å². The minimum atomic E-state index is -0.164. The Hall–Kier alpha value is -2.74. The Bertz CT molecular complexity index is 886. The van der Waals surface area contributed by atoms with Crippen molar-refractivity contribution in [3.05, 3.63) is 52.5 Å². The summed E-state index contributed by atoms with van der Waals surface area (Å²) in [5, 5.41) is 5.85. The Morgan fingerprint density at radius 3 is 2.53 bits per heavy atom. The van der Waals surface area contributed by atoms with Crippen molar-refractivity contribution in [2.75, 3.05) is 24.8 Å². The zero-order chi connectivity index (χ0) is 21.5. The van der Waals surface area contributed by atoms with Crippen LogP contribution in [-0.2, 0) is 0 Å². The number of ether oxygens (including phenoxy) is 2. The molecule has 8 heteroatoms. The Morgan fingerprint density at radius 1 is 1.07 bits per heavy atom. The first kappa shape index (κ1) is 22.0. The number of hydrogen-bond acceptors (Lipinski definition) is 4. The predicted molar refractivity (Wildman–Crippen MR) is 119 cm³/mol. The smallest absolute Gasteiger partial charge is 0.322 e. The van der Waals surface area contributed by atoms with E-state index in [0.29, 0.717) is 30.2 Å². The minimum absolute atomic E-state index is 0.0270. The zero-order valence-electron chi connectivity index (χ0n) is 17.1. The maximum Gasteiger partial charge on any atom is 0.322 e. The lowest BCUT2D eigenvalue weighted by atomic mass is 10.2. The second-order valence-corrected chi connectivity index (χ2v) is 8.18. The van der Waals surface area contributed by atoms with Crippen LogP contribution in [0.4, 0.5) is 10.5 Å².